The minimum atomic E-state index is -0.437. The zero-order valence-electron chi connectivity index (χ0n) is 8.33. The summed E-state index contributed by atoms with van der Waals surface area (Å²) >= 11 is 0. The predicted octanol–water partition coefficient (Wildman–Crippen LogP) is 2.67. The maximum Gasteiger partial charge on any atom is 0.271 e. The third-order valence-electron chi connectivity index (χ3n) is 2.02. The Morgan fingerprint density at radius 3 is 2.88 bits per heavy atom. The Balaban J connectivity index is 2.22. The summed E-state index contributed by atoms with van der Waals surface area (Å²) in [6.07, 6.45) is 3.41. The molecular weight excluding hydrogens is 206 g/mol. The first-order valence-corrected chi connectivity index (χ1v) is 4.67. The van der Waals surface area contributed by atoms with Crippen molar-refractivity contribution in [3.05, 3.63) is 58.4 Å². The van der Waals surface area contributed by atoms with Crippen LogP contribution in [0.5, 0.6) is 0 Å². The number of nitro groups is 1. The maximum atomic E-state index is 10.5. The van der Waals surface area contributed by atoms with E-state index in [0.717, 1.165) is 5.69 Å². The van der Waals surface area contributed by atoms with E-state index in [1.165, 1.54) is 12.1 Å². The molecule has 2 rings (SSSR count). The quantitative estimate of drug-likeness (QED) is 0.485. The van der Waals surface area contributed by atoms with Crippen molar-refractivity contribution in [2.24, 2.45) is 4.99 Å². The minimum absolute atomic E-state index is 0.0427. The molecule has 16 heavy (non-hydrogen) atoms. The fraction of sp³-hybridized carbons (Fsp3) is 0. The molecule has 2 aromatic rings. The highest BCUT2D eigenvalue weighted by molar-refractivity contribution is 5.79. The van der Waals surface area contributed by atoms with Crippen LogP contribution in [0.15, 0.2) is 47.6 Å². The van der Waals surface area contributed by atoms with E-state index in [9.17, 15) is 10.1 Å². The monoisotopic (exact) mass is 215 g/mol. The third kappa shape index (κ3) is 2.33. The summed E-state index contributed by atoms with van der Waals surface area (Å²) in [6.45, 7) is 0. The number of H-pyrrole nitrogens is 1. The Bertz CT molecular complexity index is 518. The van der Waals surface area contributed by atoms with Gasteiger partial charge in [0.2, 0.25) is 0 Å². The van der Waals surface area contributed by atoms with Gasteiger partial charge in [-0.05, 0) is 18.2 Å². The second-order valence-electron chi connectivity index (χ2n) is 3.16. The molecule has 5 nitrogen and oxygen atoms in total. The fourth-order valence-electron chi connectivity index (χ4n) is 1.26. The second kappa shape index (κ2) is 4.39. The van der Waals surface area contributed by atoms with Crippen LogP contribution < -0.4 is 0 Å². The average Bonchev–Trinajstić information content (AvgIpc) is 2.79. The molecule has 0 aliphatic carbocycles. The van der Waals surface area contributed by atoms with Gasteiger partial charge in [-0.15, -0.1) is 0 Å². The van der Waals surface area contributed by atoms with E-state index >= 15 is 0 Å². The number of nitrogens with zero attached hydrogens (tertiary/aromatic N) is 2. The molecule has 0 saturated carbocycles. The standard InChI is InChI=1S/C11H9N3O2/c15-14(16)11-5-1-3-9(7-11)13-8-10-4-2-6-12-10/h1-8,12H. The van der Waals surface area contributed by atoms with Gasteiger partial charge >= 0.3 is 0 Å². The van der Waals surface area contributed by atoms with Gasteiger partial charge in [0.1, 0.15) is 0 Å². The Morgan fingerprint density at radius 1 is 1.31 bits per heavy atom. The molecule has 1 heterocycles. The summed E-state index contributed by atoms with van der Waals surface area (Å²) in [6, 6.07) is 9.91. The number of aliphatic imine (C=N–C) groups is 1. The van der Waals surface area contributed by atoms with E-state index in [1.807, 2.05) is 12.1 Å². The molecule has 0 fully saturated rings. The Kier molecular flexibility index (Phi) is 2.77. The Hall–Kier alpha value is -2.43. The molecule has 0 amide bonds. The molecule has 1 aromatic carbocycles. The molecule has 80 valence electrons. The Morgan fingerprint density at radius 2 is 2.19 bits per heavy atom. The summed E-state index contributed by atoms with van der Waals surface area (Å²) < 4.78 is 0. The number of hydrogen-bond donors (Lipinski definition) is 1. The zero-order chi connectivity index (χ0) is 11.4. The maximum absolute atomic E-state index is 10.5. The van der Waals surface area contributed by atoms with Crippen LogP contribution in [0.25, 0.3) is 0 Å². The number of hydrogen-bond acceptors (Lipinski definition) is 3. The van der Waals surface area contributed by atoms with Crippen LogP contribution in [0.2, 0.25) is 0 Å². The van der Waals surface area contributed by atoms with Crippen LogP contribution in [0.1, 0.15) is 5.69 Å². The number of non-ortho nitro benzene ring substituents is 1. The zero-order valence-corrected chi connectivity index (χ0v) is 8.33. The van der Waals surface area contributed by atoms with Gasteiger partial charge in [-0.3, -0.25) is 15.1 Å². The number of nitrogens with one attached hydrogen (secondary N) is 1. The summed E-state index contributed by atoms with van der Waals surface area (Å²) in [5.41, 5.74) is 1.46. The van der Waals surface area contributed by atoms with Gasteiger partial charge in [-0.25, -0.2) is 0 Å². The highest BCUT2D eigenvalue weighted by atomic mass is 16.6. The van der Waals surface area contributed by atoms with Gasteiger partial charge in [0, 0.05) is 18.3 Å². The highest BCUT2D eigenvalue weighted by Gasteiger charge is 2.03. The van der Waals surface area contributed by atoms with Crippen LogP contribution >= 0.6 is 0 Å². The van der Waals surface area contributed by atoms with Crippen molar-refractivity contribution in [3.63, 3.8) is 0 Å². The molecular formula is C11H9N3O2. The van der Waals surface area contributed by atoms with E-state index in [1.54, 1.807) is 24.5 Å². The minimum Gasteiger partial charge on any atom is -0.360 e. The number of rotatable bonds is 3. The molecule has 0 saturated heterocycles. The first kappa shape index (κ1) is 10.1. The molecule has 1 N–H and O–H groups in total. The van der Waals surface area contributed by atoms with Crippen molar-refractivity contribution in [2.75, 3.05) is 0 Å². The van der Waals surface area contributed by atoms with Gasteiger partial charge in [0.05, 0.1) is 22.5 Å². The number of aromatic nitrogens is 1. The lowest BCUT2D eigenvalue weighted by Crippen LogP contribution is -1.86. The molecule has 0 unspecified atom stereocenters. The van der Waals surface area contributed by atoms with Crippen LogP contribution in [0.3, 0.4) is 0 Å². The summed E-state index contributed by atoms with van der Waals surface area (Å²) in [5, 5.41) is 10.5. The first-order chi connectivity index (χ1) is 7.75. The van der Waals surface area contributed by atoms with Crippen molar-refractivity contribution in [2.45, 2.75) is 0 Å². The smallest absolute Gasteiger partial charge is 0.271 e. The molecule has 0 bridgehead atoms. The number of aromatic amines is 1. The summed E-state index contributed by atoms with van der Waals surface area (Å²) in [5.74, 6) is 0. The van der Waals surface area contributed by atoms with Gasteiger partial charge in [0.25, 0.3) is 5.69 Å². The molecule has 0 spiro atoms. The van der Waals surface area contributed by atoms with Gasteiger partial charge < -0.3 is 4.98 Å². The lowest BCUT2D eigenvalue weighted by Gasteiger charge is -1.93. The molecule has 5 heteroatoms. The van der Waals surface area contributed by atoms with Crippen LogP contribution in [0, 0.1) is 10.1 Å². The van der Waals surface area contributed by atoms with Crippen molar-refractivity contribution >= 4 is 17.6 Å². The fourth-order valence-corrected chi connectivity index (χ4v) is 1.26. The first-order valence-electron chi connectivity index (χ1n) is 4.67. The number of benzene rings is 1. The van der Waals surface area contributed by atoms with Crippen molar-refractivity contribution in [3.8, 4) is 0 Å². The van der Waals surface area contributed by atoms with Gasteiger partial charge in [-0.2, -0.15) is 0 Å². The second-order valence-corrected chi connectivity index (χ2v) is 3.16. The summed E-state index contributed by atoms with van der Waals surface area (Å²) in [4.78, 5) is 17.2. The SMILES string of the molecule is O=[N+]([O-])c1cccc(N=Cc2ccc[nH]2)c1. The van der Waals surface area contributed by atoms with Crippen molar-refractivity contribution < 1.29 is 4.92 Å². The van der Waals surface area contributed by atoms with E-state index in [2.05, 4.69) is 9.98 Å². The predicted molar refractivity (Wildman–Crippen MR) is 61.1 cm³/mol. The molecule has 0 atom stereocenters. The average molecular weight is 215 g/mol. The molecule has 1 aromatic heterocycles. The van der Waals surface area contributed by atoms with Crippen molar-refractivity contribution in [1.82, 2.24) is 4.98 Å². The lowest BCUT2D eigenvalue weighted by molar-refractivity contribution is -0.384. The summed E-state index contributed by atoms with van der Waals surface area (Å²) in [7, 11) is 0. The largest absolute Gasteiger partial charge is 0.360 e. The highest BCUT2D eigenvalue weighted by Crippen LogP contribution is 2.19. The molecule has 0 aliphatic heterocycles. The van der Waals surface area contributed by atoms with Crippen LogP contribution in [0.4, 0.5) is 11.4 Å². The van der Waals surface area contributed by atoms with Crippen LogP contribution in [-0.2, 0) is 0 Å². The lowest BCUT2D eigenvalue weighted by atomic mass is 10.3. The van der Waals surface area contributed by atoms with Crippen LogP contribution in [-0.4, -0.2) is 16.1 Å². The number of nitro benzene ring substituents is 1. The van der Waals surface area contributed by atoms with Crippen molar-refractivity contribution in [1.29, 1.82) is 0 Å². The molecule has 0 radical (unpaired) electrons. The third-order valence-corrected chi connectivity index (χ3v) is 2.02. The normalized spacial score (nSPS) is 10.8. The van der Waals surface area contributed by atoms with E-state index in [0.29, 0.717) is 5.69 Å². The van der Waals surface area contributed by atoms with E-state index < -0.39 is 4.92 Å². The topological polar surface area (TPSA) is 71.3 Å². The van der Waals surface area contributed by atoms with E-state index in [-0.39, 0.29) is 5.69 Å². The van der Waals surface area contributed by atoms with Gasteiger partial charge in [-0.1, -0.05) is 6.07 Å². The van der Waals surface area contributed by atoms with Gasteiger partial charge in [0.15, 0.2) is 0 Å². The Labute approximate surface area is 91.6 Å². The van der Waals surface area contributed by atoms with E-state index in [4.69, 9.17) is 0 Å². The molecule has 0 aliphatic rings.